The Morgan fingerprint density at radius 3 is 1.82 bits per heavy atom. The van der Waals surface area contributed by atoms with Crippen molar-refractivity contribution < 1.29 is 0 Å². The molecule has 0 aliphatic rings. The number of aromatic nitrogens is 4. The predicted octanol–water partition coefficient (Wildman–Crippen LogP) is 11.9. The molecular weight excluding hydrogens is 609 g/mol. The summed E-state index contributed by atoms with van der Waals surface area (Å²) in [6.45, 7) is 0. The molecule has 4 nitrogen and oxygen atoms in total. The van der Waals surface area contributed by atoms with Gasteiger partial charge in [0.1, 0.15) is 5.82 Å². The highest BCUT2D eigenvalue weighted by Crippen LogP contribution is 2.46. The molecule has 0 bridgehead atoms. The number of benzene rings is 8. The molecule has 8 aromatic carbocycles. The molecule has 0 N–H and O–H groups in total. The van der Waals surface area contributed by atoms with Gasteiger partial charge in [-0.1, -0.05) is 115 Å². The second kappa shape index (κ2) is 9.43. The first-order valence-electron chi connectivity index (χ1n) is 17.1. The Balaban J connectivity index is 1.24. The fourth-order valence-corrected chi connectivity index (χ4v) is 8.69. The Labute approximate surface area is 285 Å². The Kier molecular flexibility index (Phi) is 4.94. The van der Waals surface area contributed by atoms with Crippen molar-refractivity contribution in [2.75, 3.05) is 0 Å². The zero-order valence-corrected chi connectivity index (χ0v) is 26.8. The third kappa shape index (κ3) is 3.30. The van der Waals surface area contributed by atoms with Gasteiger partial charge in [0.15, 0.2) is 5.82 Å². The van der Waals surface area contributed by atoms with Crippen LogP contribution in [-0.4, -0.2) is 18.9 Å². The van der Waals surface area contributed by atoms with E-state index in [1.54, 1.807) is 0 Å². The normalized spacial score (nSPS) is 12.4. The Morgan fingerprint density at radius 1 is 0.380 bits per heavy atom. The van der Waals surface area contributed by atoms with Crippen molar-refractivity contribution >= 4 is 92.3 Å². The second-order valence-electron chi connectivity index (χ2n) is 13.4. The van der Waals surface area contributed by atoms with Crippen molar-refractivity contribution in [3.63, 3.8) is 0 Å². The molecule has 0 aliphatic carbocycles. The number of para-hydroxylation sites is 4. The molecule has 0 amide bonds. The van der Waals surface area contributed by atoms with Gasteiger partial charge in [-0.15, -0.1) is 0 Å². The molecule has 50 heavy (non-hydrogen) atoms. The van der Waals surface area contributed by atoms with Crippen LogP contribution in [0, 0.1) is 0 Å². The van der Waals surface area contributed by atoms with Crippen molar-refractivity contribution in [1.29, 1.82) is 0 Å². The van der Waals surface area contributed by atoms with E-state index in [0.29, 0.717) is 5.82 Å². The van der Waals surface area contributed by atoms with Crippen LogP contribution in [0.25, 0.3) is 110 Å². The largest absolute Gasteiger partial charge is 0.308 e. The fourth-order valence-electron chi connectivity index (χ4n) is 8.69. The molecule has 4 aromatic heterocycles. The van der Waals surface area contributed by atoms with E-state index in [1.165, 1.54) is 75.9 Å². The molecule has 0 fully saturated rings. The molecule has 4 heteroatoms. The van der Waals surface area contributed by atoms with Crippen molar-refractivity contribution in [3.8, 4) is 17.2 Å². The van der Waals surface area contributed by atoms with Crippen LogP contribution in [0.1, 0.15) is 0 Å². The summed E-state index contributed by atoms with van der Waals surface area (Å²) in [4.78, 5) is 10.7. The van der Waals surface area contributed by atoms with Crippen LogP contribution in [0.3, 0.4) is 0 Å². The summed E-state index contributed by atoms with van der Waals surface area (Å²) in [6.07, 6.45) is 0. The number of rotatable bonds is 2. The first-order chi connectivity index (χ1) is 24.8. The minimum atomic E-state index is 0.715. The summed E-state index contributed by atoms with van der Waals surface area (Å²) in [6, 6.07) is 56.8. The van der Waals surface area contributed by atoms with Gasteiger partial charge in [0, 0.05) is 43.3 Å². The minimum Gasteiger partial charge on any atom is -0.308 e. The SMILES string of the molecule is c1ccc2c(c1)ccc1cc(-c3nc(-n4c5ccccc5c5cc6c7ccccc7n7c8ccccc8c(c54)c67)c4ccccc4n3)ccc12. The average molecular weight is 635 g/mol. The predicted molar refractivity (Wildman–Crippen MR) is 209 cm³/mol. The van der Waals surface area contributed by atoms with E-state index in [0.717, 1.165) is 27.8 Å². The number of hydrogen-bond acceptors (Lipinski definition) is 2. The fraction of sp³-hybridized carbons (Fsp3) is 0. The summed E-state index contributed by atoms with van der Waals surface area (Å²) >= 11 is 0. The third-order valence-corrected chi connectivity index (χ3v) is 10.8. The van der Waals surface area contributed by atoms with Crippen LogP contribution in [-0.2, 0) is 0 Å². The lowest BCUT2D eigenvalue weighted by molar-refractivity contribution is 1.08. The Hall–Kier alpha value is -6.78. The first kappa shape index (κ1) is 26.2. The van der Waals surface area contributed by atoms with E-state index in [2.05, 4.69) is 167 Å². The molecule has 0 unspecified atom stereocenters. The summed E-state index contributed by atoms with van der Waals surface area (Å²) < 4.78 is 4.87. The third-order valence-electron chi connectivity index (χ3n) is 10.8. The summed E-state index contributed by atoms with van der Waals surface area (Å²) in [5.74, 6) is 1.60. The van der Waals surface area contributed by atoms with Gasteiger partial charge in [-0.05, 0) is 64.0 Å². The van der Waals surface area contributed by atoms with Crippen LogP contribution >= 0.6 is 0 Å². The lowest BCUT2D eigenvalue weighted by Crippen LogP contribution is -2.03. The number of fused-ring (bicyclic) bond motifs is 14. The molecule has 4 heterocycles. The summed E-state index contributed by atoms with van der Waals surface area (Å²) in [5.41, 5.74) is 7.93. The molecule has 0 aliphatic heterocycles. The smallest absolute Gasteiger partial charge is 0.162 e. The molecular formula is C46H26N4. The molecule has 0 radical (unpaired) electrons. The van der Waals surface area contributed by atoms with E-state index < -0.39 is 0 Å². The first-order valence-corrected chi connectivity index (χ1v) is 17.1. The lowest BCUT2D eigenvalue weighted by atomic mass is 10.00. The standard InChI is InChI=1S/C46H26N4/c1-2-12-30-27(11-1)21-22-28-25-29(23-24-31(28)30)45-47-38-17-7-3-15-34(38)46(48-45)50-40-19-9-5-14-33(40)37-26-36-32-13-4-8-18-39(32)49-41-20-10-6-16-35(41)42(43(36)49)44(37)50/h1-26H. The molecule has 12 aromatic rings. The van der Waals surface area contributed by atoms with Crippen molar-refractivity contribution in [2.45, 2.75) is 0 Å². The molecule has 0 saturated heterocycles. The van der Waals surface area contributed by atoms with E-state index in [9.17, 15) is 0 Å². The maximum Gasteiger partial charge on any atom is 0.162 e. The van der Waals surface area contributed by atoms with Gasteiger partial charge in [-0.25, -0.2) is 9.97 Å². The maximum absolute atomic E-state index is 5.50. The number of hydrogen-bond donors (Lipinski definition) is 0. The minimum absolute atomic E-state index is 0.715. The Bertz CT molecular complexity index is 3380. The van der Waals surface area contributed by atoms with Gasteiger partial charge < -0.3 is 4.40 Å². The molecule has 0 atom stereocenters. The lowest BCUT2D eigenvalue weighted by Gasteiger charge is -2.14. The van der Waals surface area contributed by atoms with Gasteiger partial charge in [0.05, 0.1) is 33.1 Å². The van der Waals surface area contributed by atoms with Gasteiger partial charge in [0.25, 0.3) is 0 Å². The van der Waals surface area contributed by atoms with Gasteiger partial charge in [-0.2, -0.15) is 0 Å². The van der Waals surface area contributed by atoms with E-state index in [1.807, 2.05) is 0 Å². The Morgan fingerprint density at radius 2 is 0.980 bits per heavy atom. The topological polar surface area (TPSA) is 35.1 Å². The maximum atomic E-state index is 5.50. The van der Waals surface area contributed by atoms with Gasteiger partial charge >= 0.3 is 0 Å². The summed E-state index contributed by atoms with van der Waals surface area (Å²) in [5, 5.41) is 13.4. The summed E-state index contributed by atoms with van der Waals surface area (Å²) in [7, 11) is 0. The monoisotopic (exact) mass is 634 g/mol. The quantitative estimate of drug-likeness (QED) is 0.177. The van der Waals surface area contributed by atoms with Crippen molar-refractivity contribution in [1.82, 2.24) is 18.9 Å². The van der Waals surface area contributed by atoms with Crippen LogP contribution < -0.4 is 0 Å². The number of nitrogens with zero attached hydrogens (tertiary/aromatic N) is 4. The van der Waals surface area contributed by atoms with Crippen LogP contribution in [0.15, 0.2) is 158 Å². The van der Waals surface area contributed by atoms with Gasteiger partial charge in [0.2, 0.25) is 0 Å². The molecule has 0 saturated carbocycles. The highest BCUT2D eigenvalue weighted by molar-refractivity contribution is 6.34. The second-order valence-corrected chi connectivity index (χ2v) is 13.4. The zero-order valence-electron chi connectivity index (χ0n) is 26.8. The average Bonchev–Trinajstić information content (AvgIpc) is 3.82. The van der Waals surface area contributed by atoms with Crippen LogP contribution in [0.5, 0.6) is 0 Å². The zero-order chi connectivity index (χ0) is 32.5. The van der Waals surface area contributed by atoms with Gasteiger partial charge in [-0.3, -0.25) is 4.57 Å². The highest BCUT2D eigenvalue weighted by atomic mass is 15.1. The molecule has 0 spiro atoms. The molecule has 230 valence electrons. The molecule has 12 rings (SSSR count). The highest BCUT2D eigenvalue weighted by Gasteiger charge is 2.25. The van der Waals surface area contributed by atoms with Crippen molar-refractivity contribution in [2.24, 2.45) is 0 Å². The van der Waals surface area contributed by atoms with E-state index in [-0.39, 0.29) is 0 Å². The van der Waals surface area contributed by atoms with Crippen LogP contribution in [0.4, 0.5) is 0 Å². The van der Waals surface area contributed by atoms with E-state index in [4.69, 9.17) is 9.97 Å². The van der Waals surface area contributed by atoms with Crippen LogP contribution in [0.2, 0.25) is 0 Å². The van der Waals surface area contributed by atoms with Crippen molar-refractivity contribution in [3.05, 3.63) is 158 Å². The van der Waals surface area contributed by atoms with E-state index >= 15 is 0 Å².